The Balaban J connectivity index is 2.33. The van der Waals surface area contributed by atoms with Crippen molar-refractivity contribution in [3.8, 4) is 0 Å². The third kappa shape index (κ3) is 2.70. The van der Waals surface area contributed by atoms with E-state index in [9.17, 15) is 13.2 Å². The highest BCUT2D eigenvalue weighted by molar-refractivity contribution is 9.10. The summed E-state index contributed by atoms with van der Waals surface area (Å²) in [6.07, 6.45) is 1.12. The number of ketones is 1. The molecule has 0 spiro atoms. The number of rotatable bonds is 3. The highest BCUT2D eigenvalue weighted by Crippen LogP contribution is 2.18. The molecule has 0 fully saturated rings. The summed E-state index contributed by atoms with van der Waals surface area (Å²) in [4.78, 5) is 12.1. The van der Waals surface area contributed by atoms with Crippen molar-refractivity contribution in [2.75, 3.05) is 6.26 Å². The summed E-state index contributed by atoms with van der Waals surface area (Å²) in [5.74, 6) is -0.0882. The van der Waals surface area contributed by atoms with Crippen LogP contribution < -0.4 is 0 Å². The fraction of sp³-hybridized carbons (Fsp3) is 0.0833. The number of carbonyl (C=O) groups excluding carboxylic acids is 1. The van der Waals surface area contributed by atoms with Crippen molar-refractivity contribution in [3.05, 3.63) is 52.4 Å². The molecule has 1 aromatic heterocycles. The lowest BCUT2D eigenvalue weighted by Crippen LogP contribution is -2.01. The van der Waals surface area contributed by atoms with E-state index >= 15 is 0 Å². The van der Waals surface area contributed by atoms with E-state index in [1.54, 1.807) is 12.1 Å². The topological polar surface area (TPSA) is 64.3 Å². The van der Waals surface area contributed by atoms with Gasteiger partial charge in [0.25, 0.3) is 0 Å². The molecular formula is C12H9BrO4S. The Hall–Kier alpha value is -1.40. The lowest BCUT2D eigenvalue weighted by molar-refractivity contribution is 0.101. The zero-order chi connectivity index (χ0) is 13.3. The van der Waals surface area contributed by atoms with Crippen LogP contribution in [0.5, 0.6) is 0 Å². The summed E-state index contributed by atoms with van der Waals surface area (Å²) in [6.45, 7) is 0. The molecule has 0 saturated carbocycles. The van der Waals surface area contributed by atoms with Crippen LogP contribution in [0.2, 0.25) is 0 Å². The molecule has 2 aromatic rings. The van der Waals surface area contributed by atoms with E-state index in [-0.39, 0.29) is 16.4 Å². The highest BCUT2D eigenvalue weighted by Gasteiger charge is 2.14. The number of hydrogen-bond acceptors (Lipinski definition) is 4. The summed E-state index contributed by atoms with van der Waals surface area (Å²) < 4.78 is 28.2. The normalized spacial score (nSPS) is 11.4. The molecule has 94 valence electrons. The number of hydrogen-bond donors (Lipinski definition) is 0. The van der Waals surface area contributed by atoms with Gasteiger partial charge in [-0.3, -0.25) is 4.79 Å². The molecule has 0 unspecified atom stereocenters. The van der Waals surface area contributed by atoms with Crippen molar-refractivity contribution in [2.45, 2.75) is 4.90 Å². The zero-order valence-electron chi connectivity index (χ0n) is 9.38. The minimum absolute atomic E-state index is 0.180. The molecule has 0 amide bonds. The molecule has 0 saturated heterocycles. The van der Waals surface area contributed by atoms with Gasteiger partial charge < -0.3 is 4.42 Å². The van der Waals surface area contributed by atoms with Gasteiger partial charge in [-0.2, -0.15) is 0 Å². The summed E-state index contributed by atoms with van der Waals surface area (Å²) in [7, 11) is -3.25. The lowest BCUT2D eigenvalue weighted by Gasteiger charge is -2.00. The molecule has 0 aliphatic rings. The Morgan fingerprint density at radius 1 is 1.11 bits per heavy atom. The van der Waals surface area contributed by atoms with E-state index in [1.165, 1.54) is 24.3 Å². The lowest BCUT2D eigenvalue weighted by atomic mass is 10.1. The fourth-order valence-corrected chi connectivity index (χ4v) is 2.37. The molecule has 2 rings (SSSR count). The SMILES string of the molecule is CS(=O)(=O)c1ccc(C(=O)c2ccc(Br)o2)cc1. The second kappa shape index (κ2) is 4.70. The van der Waals surface area contributed by atoms with Gasteiger partial charge in [-0.15, -0.1) is 0 Å². The van der Waals surface area contributed by atoms with Crippen molar-refractivity contribution in [3.63, 3.8) is 0 Å². The molecule has 0 radical (unpaired) electrons. The van der Waals surface area contributed by atoms with Crippen LogP contribution in [0.25, 0.3) is 0 Å². The monoisotopic (exact) mass is 328 g/mol. The maximum absolute atomic E-state index is 12.0. The predicted octanol–water partition coefficient (Wildman–Crippen LogP) is 2.68. The summed E-state index contributed by atoms with van der Waals surface area (Å²) in [5, 5.41) is 0. The molecule has 0 atom stereocenters. The van der Waals surface area contributed by atoms with E-state index < -0.39 is 9.84 Å². The third-order valence-corrected chi connectivity index (χ3v) is 3.90. The average Bonchev–Trinajstić information content (AvgIpc) is 2.74. The van der Waals surface area contributed by atoms with Crippen LogP contribution in [0, 0.1) is 0 Å². The van der Waals surface area contributed by atoms with Gasteiger partial charge >= 0.3 is 0 Å². The Morgan fingerprint density at radius 2 is 1.72 bits per heavy atom. The van der Waals surface area contributed by atoms with Crippen LogP contribution in [-0.2, 0) is 9.84 Å². The largest absolute Gasteiger partial charge is 0.446 e. The van der Waals surface area contributed by atoms with Crippen LogP contribution in [0.15, 0.2) is 50.4 Å². The maximum atomic E-state index is 12.0. The molecule has 1 aromatic carbocycles. The van der Waals surface area contributed by atoms with Crippen molar-refractivity contribution < 1.29 is 17.6 Å². The molecule has 0 bridgehead atoms. The first kappa shape index (κ1) is 13.0. The Kier molecular flexibility index (Phi) is 3.41. The second-order valence-corrected chi connectivity index (χ2v) is 6.53. The third-order valence-electron chi connectivity index (χ3n) is 2.34. The Bertz CT molecular complexity index is 683. The molecular weight excluding hydrogens is 320 g/mol. The van der Waals surface area contributed by atoms with Gasteiger partial charge in [-0.25, -0.2) is 8.42 Å². The highest BCUT2D eigenvalue weighted by atomic mass is 79.9. The number of benzene rings is 1. The Morgan fingerprint density at radius 3 is 2.17 bits per heavy atom. The van der Waals surface area contributed by atoms with Gasteiger partial charge in [-0.1, -0.05) is 0 Å². The summed E-state index contributed by atoms with van der Waals surface area (Å²) >= 11 is 3.11. The molecule has 0 N–H and O–H groups in total. The quantitative estimate of drug-likeness (QED) is 0.812. The minimum Gasteiger partial charge on any atom is -0.446 e. The van der Waals surface area contributed by atoms with E-state index in [0.29, 0.717) is 10.2 Å². The van der Waals surface area contributed by atoms with Crippen LogP contribution in [0.4, 0.5) is 0 Å². The van der Waals surface area contributed by atoms with Gasteiger partial charge in [-0.05, 0) is 52.3 Å². The van der Waals surface area contributed by atoms with Crippen LogP contribution in [0.1, 0.15) is 16.1 Å². The van der Waals surface area contributed by atoms with Crippen molar-refractivity contribution in [1.82, 2.24) is 0 Å². The standard InChI is InChI=1S/C12H9BrO4S/c1-18(15,16)9-4-2-8(3-5-9)12(14)10-6-7-11(13)17-10/h2-7H,1H3. The number of halogens is 1. The minimum atomic E-state index is -3.25. The summed E-state index contributed by atoms with van der Waals surface area (Å²) in [6, 6.07) is 8.92. The van der Waals surface area contributed by atoms with Crippen molar-refractivity contribution >= 4 is 31.6 Å². The van der Waals surface area contributed by atoms with E-state index in [0.717, 1.165) is 6.26 Å². The molecule has 0 aliphatic carbocycles. The molecule has 18 heavy (non-hydrogen) atoms. The van der Waals surface area contributed by atoms with Crippen molar-refractivity contribution in [2.24, 2.45) is 0 Å². The second-order valence-electron chi connectivity index (χ2n) is 3.73. The molecule has 0 aliphatic heterocycles. The zero-order valence-corrected chi connectivity index (χ0v) is 11.8. The van der Waals surface area contributed by atoms with Crippen molar-refractivity contribution in [1.29, 1.82) is 0 Å². The van der Waals surface area contributed by atoms with E-state index in [1.807, 2.05) is 0 Å². The van der Waals surface area contributed by atoms with Gasteiger partial charge in [0.05, 0.1) is 4.90 Å². The van der Waals surface area contributed by atoms with Gasteiger partial charge in [0.1, 0.15) is 0 Å². The first-order chi connectivity index (χ1) is 8.38. The number of carbonyl (C=O) groups is 1. The van der Waals surface area contributed by atoms with E-state index in [2.05, 4.69) is 15.9 Å². The molecule has 6 heteroatoms. The maximum Gasteiger partial charge on any atom is 0.228 e. The molecule has 1 heterocycles. The predicted molar refractivity (Wildman–Crippen MR) is 69.4 cm³/mol. The fourth-order valence-electron chi connectivity index (χ4n) is 1.43. The Labute approximate surface area is 113 Å². The average molecular weight is 329 g/mol. The van der Waals surface area contributed by atoms with Gasteiger partial charge in [0.2, 0.25) is 5.78 Å². The smallest absolute Gasteiger partial charge is 0.228 e. The number of furan rings is 1. The van der Waals surface area contributed by atoms with Crippen LogP contribution in [-0.4, -0.2) is 20.5 Å². The van der Waals surface area contributed by atoms with Gasteiger partial charge in [0.15, 0.2) is 20.3 Å². The van der Waals surface area contributed by atoms with Crippen LogP contribution >= 0.6 is 15.9 Å². The first-order valence-electron chi connectivity index (χ1n) is 4.98. The van der Waals surface area contributed by atoms with E-state index in [4.69, 9.17) is 4.42 Å². The molecule has 4 nitrogen and oxygen atoms in total. The van der Waals surface area contributed by atoms with Crippen LogP contribution in [0.3, 0.4) is 0 Å². The van der Waals surface area contributed by atoms with Gasteiger partial charge in [0, 0.05) is 11.8 Å². The summed E-state index contributed by atoms with van der Waals surface area (Å²) in [5.41, 5.74) is 0.379. The first-order valence-corrected chi connectivity index (χ1v) is 7.66. The number of sulfone groups is 1.